The third-order valence-electron chi connectivity index (χ3n) is 7.64. The molecule has 1 saturated heterocycles. The molecule has 0 spiro atoms. The van der Waals surface area contributed by atoms with E-state index >= 15 is 0 Å². The topological polar surface area (TPSA) is 106 Å². The van der Waals surface area contributed by atoms with Gasteiger partial charge >= 0.3 is 0 Å². The van der Waals surface area contributed by atoms with Gasteiger partial charge in [-0.3, -0.25) is 4.79 Å². The molecule has 0 radical (unpaired) electrons. The van der Waals surface area contributed by atoms with Crippen molar-refractivity contribution < 1.29 is 32.5 Å². The summed E-state index contributed by atoms with van der Waals surface area (Å²) in [5.74, 6) is 1.57. The lowest BCUT2D eigenvalue weighted by Gasteiger charge is -2.36. The summed E-state index contributed by atoms with van der Waals surface area (Å²) in [5, 5.41) is 9.51. The molecule has 37 heavy (non-hydrogen) atoms. The highest BCUT2D eigenvalue weighted by atomic mass is 32.2. The number of likely N-dealkylation sites (tertiary alicyclic amines) is 1. The molecule has 1 N–H and O–H groups in total. The Morgan fingerprint density at radius 2 is 1.78 bits per heavy atom. The molecule has 1 amide bonds. The van der Waals surface area contributed by atoms with E-state index in [1.807, 2.05) is 11.0 Å². The first-order chi connectivity index (χ1) is 17.9. The number of amides is 1. The summed E-state index contributed by atoms with van der Waals surface area (Å²) in [4.78, 5) is 15.1. The minimum Gasteiger partial charge on any atom is -0.497 e. The van der Waals surface area contributed by atoms with Crippen molar-refractivity contribution in [1.82, 2.24) is 9.21 Å². The molecular weight excluding hydrogens is 496 g/mol. The molecule has 1 aliphatic carbocycles. The molecule has 0 bridgehead atoms. The van der Waals surface area contributed by atoms with Crippen LogP contribution in [0.1, 0.15) is 51.4 Å². The average Bonchev–Trinajstić information content (AvgIpc) is 3.47. The molecule has 3 aliphatic rings. The van der Waals surface area contributed by atoms with E-state index in [1.165, 1.54) is 42.8 Å². The Morgan fingerprint density at radius 1 is 1.08 bits per heavy atom. The maximum absolute atomic E-state index is 13.2. The van der Waals surface area contributed by atoms with Crippen molar-refractivity contribution in [2.75, 3.05) is 46.5 Å². The number of methoxy groups -OCH3 is 1. The zero-order chi connectivity index (χ0) is 26.3. The summed E-state index contributed by atoms with van der Waals surface area (Å²) in [5.41, 5.74) is 0. The fourth-order valence-electron chi connectivity index (χ4n) is 5.55. The molecule has 1 aromatic carbocycles. The Balaban J connectivity index is 1.41. The van der Waals surface area contributed by atoms with Crippen molar-refractivity contribution in [2.45, 2.75) is 62.6 Å². The monoisotopic (exact) mass is 536 g/mol. The van der Waals surface area contributed by atoms with E-state index in [2.05, 4.69) is 0 Å². The molecular formula is C27H40N2O7S. The van der Waals surface area contributed by atoms with Crippen molar-refractivity contribution in [3.05, 3.63) is 36.1 Å². The lowest BCUT2D eigenvalue weighted by atomic mass is 9.77. The van der Waals surface area contributed by atoms with Crippen LogP contribution in [0.4, 0.5) is 0 Å². The number of nitrogens with zero attached hydrogens (tertiary/aromatic N) is 2. The standard InChI is InChI=1S/C27H40N2O7S/c1-34-23-9-11-24(12-10-23)37(32,33)29(15-17-30)16-18-35-26-20-22(21-7-3-2-4-8-21)19-25(36-26)27(31)28-13-5-6-14-28/h9-12,19,21-22,26,30H,2-8,13-18,20H2,1H3/t22-,26+/m0/s1. The third kappa shape index (κ3) is 7.04. The van der Waals surface area contributed by atoms with Gasteiger partial charge < -0.3 is 24.2 Å². The second-order valence-corrected chi connectivity index (χ2v) is 12.0. The van der Waals surface area contributed by atoms with Crippen molar-refractivity contribution in [3.63, 3.8) is 0 Å². The van der Waals surface area contributed by atoms with Crippen LogP contribution in [0.15, 0.2) is 41.0 Å². The molecule has 2 atom stereocenters. The van der Waals surface area contributed by atoms with Gasteiger partial charge in [-0.15, -0.1) is 0 Å². The van der Waals surface area contributed by atoms with Gasteiger partial charge in [-0.05, 0) is 67.9 Å². The summed E-state index contributed by atoms with van der Waals surface area (Å²) in [7, 11) is -2.31. The molecule has 9 nitrogen and oxygen atoms in total. The van der Waals surface area contributed by atoms with Gasteiger partial charge in [0.25, 0.3) is 5.91 Å². The first-order valence-electron chi connectivity index (χ1n) is 13.5. The number of sulfonamides is 1. The molecule has 2 heterocycles. The Bertz CT molecular complexity index is 1020. The summed E-state index contributed by atoms with van der Waals surface area (Å²) >= 11 is 0. The maximum Gasteiger partial charge on any atom is 0.288 e. The molecule has 1 aromatic rings. The fraction of sp³-hybridized carbons (Fsp3) is 0.667. The van der Waals surface area contributed by atoms with Crippen LogP contribution in [-0.4, -0.2) is 81.4 Å². The van der Waals surface area contributed by atoms with Gasteiger partial charge in [0.2, 0.25) is 16.3 Å². The predicted molar refractivity (Wildman–Crippen MR) is 138 cm³/mol. The summed E-state index contributed by atoms with van der Waals surface area (Å²) in [6, 6.07) is 6.15. The van der Waals surface area contributed by atoms with E-state index in [9.17, 15) is 18.3 Å². The zero-order valence-electron chi connectivity index (χ0n) is 21.7. The molecule has 0 unspecified atom stereocenters. The van der Waals surface area contributed by atoms with Crippen LogP contribution in [0.25, 0.3) is 0 Å². The van der Waals surface area contributed by atoms with Gasteiger partial charge in [-0.1, -0.05) is 19.3 Å². The van der Waals surface area contributed by atoms with Crippen LogP contribution in [-0.2, 0) is 24.3 Å². The number of rotatable bonds is 11. The highest BCUT2D eigenvalue weighted by Gasteiger charge is 2.35. The lowest BCUT2D eigenvalue weighted by Crippen LogP contribution is -2.39. The number of carbonyl (C=O) groups is 1. The predicted octanol–water partition coefficient (Wildman–Crippen LogP) is 3.14. The first-order valence-corrected chi connectivity index (χ1v) is 14.9. The Kier molecular flexibility index (Phi) is 9.86. The largest absolute Gasteiger partial charge is 0.497 e. The second kappa shape index (κ2) is 13.1. The Labute approximate surface area is 220 Å². The van der Waals surface area contributed by atoms with Crippen molar-refractivity contribution >= 4 is 15.9 Å². The number of aliphatic hydroxyl groups excluding tert-OH is 1. The van der Waals surface area contributed by atoms with Gasteiger partial charge in [0, 0.05) is 32.6 Å². The number of hydrogen-bond donors (Lipinski definition) is 1. The van der Waals surface area contributed by atoms with E-state index in [-0.39, 0.29) is 43.0 Å². The van der Waals surface area contributed by atoms with Gasteiger partial charge in [0.15, 0.2) is 5.76 Å². The van der Waals surface area contributed by atoms with Crippen LogP contribution in [0.5, 0.6) is 5.75 Å². The van der Waals surface area contributed by atoms with E-state index in [0.717, 1.165) is 38.8 Å². The van der Waals surface area contributed by atoms with Crippen LogP contribution in [0.2, 0.25) is 0 Å². The van der Waals surface area contributed by atoms with Crippen molar-refractivity contribution in [3.8, 4) is 5.75 Å². The lowest BCUT2D eigenvalue weighted by molar-refractivity contribution is -0.156. The normalized spacial score (nSPS) is 23.1. The number of allylic oxidation sites excluding steroid dienone is 1. The summed E-state index contributed by atoms with van der Waals surface area (Å²) in [6.07, 6.45) is 10.0. The highest BCUT2D eigenvalue weighted by molar-refractivity contribution is 7.89. The second-order valence-electron chi connectivity index (χ2n) is 10.0. The summed E-state index contributed by atoms with van der Waals surface area (Å²) < 4.78 is 44.8. The smallest absolute Gasteiger partial charge is 0.288 e. The van der Waals surface area contributed by atoms with E-state index in [0.29, 0.717) is 23.8 Å². The van der Waals surface area contributed by atoms with Crippen LogP contribution >= 0.6 is 0 Å². The quantitative estimate of drug-likeness (QED) is 0.463. The van der Waals surface area contributed by atoms with Gasteiger partial charge in [-0.2, -0.15) is 4.31 Å². The molecule has 4 rings (SSSR count). The third-order valence-corrected chi connectivity index (χ3v) is 9.55. The zero-order valence-corrected chi connectivity index (χ0v) is 22.5. The van der Waals surface area contributed by atoms with Crippen LogP contribution in [0.3, 0.4) is 0 Å². The Morgan fingerprint density at radius 3 is 2.43 bits per heavy atom. The number of aliphatic hydroxyl groups is 1. The van der Waals surface area contributed by atoms with Gasteiger partial charge in [-0.25, -0.2) is 8.42 Å². The SMILES string of the molecule is COc1ccc(S(=O)(=O)N(CCO)CCO[C@H]2C[C@@H](C3CCCCC3)C=C(C(=O)N3CCCC3)O2)cc1. The highest BCUT2D eigenvalue weighted by Crippen LogP contribution is 2.37. The van der Waals surface area contributed by atoms with E-state index < -0.39 is 16.3 Å². The number of ether oxygens (including phenoxy) is 3. The summed E-state index contributed by atoms with van der Waals surface area (Å²) in [6.45, 7) is 1.28. The molecule has 2 fully saturated rings. The molecule has 0 aromatic heterocycles. The minimum absolute atomic E-state index is 0.0491. The first kappa shape index (κ1) is 27.9. The maximum atomic E-state index is 13.2. The Hall–Kier alpha value is -2.14. The van der Waals surface area contributed by atoms with Gasteiger partial charge in [0.05, 0.1) is 25.2 Å². The number of carbonyl (C=O) groups excluding carboxylic acids is 1. The molecule has 10 heteroatoms. The van der Waals surface area contributed by atoms with Crippen LogP contribution < -0.4 is 4.74 Å². The van der Waals surface area contributed by atoms with Crippen molar-refractivity contribution in [2.24, 2.45) is 11.8 Å². The minimum atomic E-state index is -3.83. The van der Waals surface area contributed by atoms with Gasteiger partial charge in [0.1, 0.15) is 5.75 Å². The number of benzene rings is 1. The number of hydrogen-bond acceptors (Lipinski definition) is 7. The fourth-order valence-corrected chi connectivity index (χ4v) is 6.97. The molecule has 1 saturated carbocycles. The average molecular weight is 537 g/mol. The molecule has 2 aliphatic heterocycles. The van der Waals surface area contributed by atoms with E-state index in [4.69, 9.17) is 14.2 Å². The van der Waals surface area contributed by atoms with Crippen molar-refractivity contribution in [1.29, 1.82) is 0 Å². The van der Waals surface area contributed by atoms with E-state index in [1.54, 1.807) is 12.1 Å². The molecule has 206 valence electrons. The van der Waals surface area contributed by atoms with Crippen LogP contribution in [0, 0.1) is 11.8 Å².